The lowest BCUT2D eigenvalue weighted by Crippen LogP contribution is -2.31. The highest BCUT2D eigenvalue weighted by Crippen LogP contribution is 2.20. The summed E-state index contributed by atoms with van der Waals surface area (Å²) in [5, 5.41) is 2.75. The molecule has 0 saturated heterocycles. The van der Waals surface area contributed by atoms with Crippen LogP contribution in [0.25, 0.3) is 0 Å². The Bertz CT molecular complexity index is 900. The first-order valence-corrected chi connectivity index (χ1v) is 10.8. The average molecular weight is 405 g/mol. The molecule has 0 aliphatic heterocycles. The molecule has 1 unspecified atom stereocenters. The van der Waals surface area contributed by atoms with Gasteiger partial charge in [-0.15, -0.1) is 0 Å². The number of amides is 1. The maximum atomic E-state index is 12.5. The van der Waals surface area contributed by atoms with Crippen molar-refractivity contribution in [2.45, 2.75) is 45.6 Å². The smallest absolute Gasteiger partial charge is 0.265 e. The van der Waals surface area contributed by atoms with E-state index in [0.717, 1.165) is 11.1 Å². The number of nitrogens with one attached hydrogen (secondary N) is 1. The summed E-state index contributed by atoms with van der Waals surface area (Å²) in [6.45, 7) is 10.0. The molecule has 1 amide bonds. The second-order valence-electron chi connectivity index (χ2n) is 6.69. The van der Waals surface area contributed by atoms with E-state index < -0.39 is 16.1 Å². The summed E-state index contributed by atoms with van der Waals surface area (Å²) in [5.74, 6) is 0.333. The van der Waals surface area contributed by atoms with E-state index in [2.05, 4.69) is 5.32 Å². The zero-order chi connectivity index (χ0) is 20.9. The first kappa shape index (κ1) is 21.9. The lowest BCUT2D eigenvalue weighted by atomic mass is 10.1. The van der Waals surface area contributed by atoms with E-state index in [1.54, 1.807) is 32.9 Å². The largest absolute Gasteiger partial charge is 0.481 e. The second-order valence-corrected chi connectivity index (χ2v) is 8.62. The number of nitrogens with zero attached hydrogens (tertiary/aromatic N) is 1. The van der Waals surface area contributed by atoms with Crippen molar-refractivity contribution >= 4 is 21.6 Å². The van der Waals surface area contributed by atoms with Gasteiger partial charge in [0.15, 0.2) is 6.10 Å². The highest BCUT2D eigenvalue weighted by atomic mass is 32.2. The highest BCUT2D eigenvalue weighted by Gasteiger charge is 2.21. The molecule has 28 heavy (non-hydrogen) atoms. The molecule has 0 heterocycles. The first-order valence-electron chi connectivity index (χ1n) is 9.33. The number of carbonyl (C=O) groups is 1. The molecule has 6 nitrogen and oxygen atoms in total. The van der Waals surface area contributed by atoms with Gasteiger partial charge >= 0.3 is 0 Å². The van der Waals surface area contributed by atoms with E-state index in [0.29, 0.717) is 24.5 Å². The van der Waals surface area contributed by atoms with Crippen LogP contribution in [-0.2, 0) is 14.8 Å². The number of hydrogen-bond donors (Lipinski definition) is 1. The van der Waals surface area contributed by atoms with Crippen LogP contribution in [0, 0.1) is 13.8 Å². The minimum absolute atomic E-state index is 0.203. The van der Waals surface area contributed by atoms with Gasteiger partial charge in [0.05, 0.1) is 4.90 Å². The SMILES string of the molecule is CCN(CC)S(=O)(=O)c1ccc(NC(=O)C(C)Oc2cc(C)cc(C)c2)cc1. The fourth-order valence-corrected chi connectivity index (χ4v) is 4.38. The third-order valence-corrected chi connectivity index (χ3v) is 6.41. The van der Waals surface area contributed by atoms with E-state index in [4.69, 9.17) is 4.74 Å². The van der Waals surface area contributed by atoms with Crippen LogP contribution in [0.1, 0.15) is 31.9 Å². The van der Waals surface area contributed by atoms with Gasteiger partial charge in [-0.2, -0.15) is 4.31 Å². The minimum atomic E-state index is -3.52. The molecule has 2 aromatic rings. The van der Waals surface area contributed by atoms with Crippen LogP contribution >= 0.6 is 0 Å². The normalized spacial score (nSPS) is 12.6. The zero-order valence-corrected chi connectivity index (χ0v) is 17.8. The molecule has 2 aromatic carbocycles. The molecular formula is C21H28N2O4S. The molecule has 0 aliphatic rings. The molecule has 0 saturated carbocycles. The van der Waals surface area contributed by atoms with Crippen LogP contribution in [-0.4, -0.2) is 37.8 Å². The summed E-state index contributed by atoms with van der Waals surface area (Å²) >= 11 is 0. The van der Waals surface area contributed by atoms with Crippen molar-refractivity contribution in [1.29, 1.82) is 0 Å². The fourth-order valence-electron chi connectivity index (χ4n) is 2.93. The maximum absolute atomic E-state index is 12.5. The van der Waals surface area contributed by atoms with Crippen LogP contribution < -0.4 is 10.1 Å². The van der Waals surface area contributed by atoms with Crippen molar-refractivity contribution in [2.75, 3.05) is 18.4 Å². The molecule has 0 spiro atoms. The number of carbonyl (C=O) groups excluding carboxylic acids is 1. The van der Waals surface area contributed by atoms with Gasteiger partial charge in [-0.05, 0) is 68.3 Å². The van der Waals surface area contributed by atoms with E-state index in [9.17, 15) is 13.2 Å². The van der Waals surface area contributed by atoms with E-state index in [1.165, 1.54) is 16.4 Å². The summed E-state index contributed by atoms with van der Waals surface area (Å²) in [5.41, 5.74) is 2.64. The summed E-state index contributed by atoms with van der Waals surface area (Å²) in [6, 6.07) is 12.0. The third kappa shape index (κ3) is 5.33. The van der Waals surface area contributed by atoms with E-state index in [1.807, 2.05) is 32.0 Å². The molecule has 0 fully saturated rings. The molecule has 0 bridgehead atoms. The van der Waals surface area contributed by atoms with Crippen molar-refractivity contribution in [1.82, 2.24) is 4.31 Å². The van der Waals surface area contributed by atoms with Crippen molar-refractivity contribution in [2.24, 2.45) is 0 Å². The Morgan fingerprint density at radius 3 is 2.07 bits per heavy atom. The first-order chi connectivity index (χ1) is 13.2. The number of rotatable bonds is 8. The number of aryl methyl sites for hydroxylation is 2. The third-order valence-electron chi connectivity index (χ3n) is 4.34. The Kier molecular flexibility index (Phi) is 7.21. The summed E-state index contributed by atoms with van der Waals surface area (Å²) in [4.78, 5) is 12.6. The van der Waals surface area contributed by atoms with Crippen LogP contribution in [0.5, 0.6) is 5.75 Å². The van der Waals surface area contributed by atoms with E-state index >= 15 is 0 Å². The molecule has 7 heteroatoms. The van der Waals surface area contributed by atoms with Gasteiger partial charge in [0.2, 0.25) is 10.0 Å². The van der Waals surface area contributed by atoms with Gasteiger partial charge in [0.1, 0.15) is 5.75 Å². The van der Waals surface area contributed by atoms with Crippen molar-refractivity contribution in [3.63, 3.8) is 0 Å². The maximum Gasteiger partial charge on any atom is 0.265 e. The Hall–Kier alpha value is -2.38. The van der Waals surface area contributed by atoms with Gasteiger partial charge in [0.25, 0.3) is 5.91 Å². The lowest BCUT2D eigenvalue weighted by molar-refractivity contribution is -0.122. The second kappa shape index (κ2) is 9.21. The molecule has 1 N–H and O–H groups in total. The van der Waals surface area contributed by atoms with E-state index in [-0.39, 0.29) is 10.8 Å². The lowest BCUT2D eigenvalue weighted by Gasteiger charge is -2.19. The van der Waals surface area contributed by atoms with Gasteiger partial charge in [0, 0.05) is 18.8 Å². The van der Waals surface area contributed by atoms with Gasteiger partial charge in [-0.1, -0.05) is 19.9 Å². The number of benzene rings is 2. The predicted molar refractivity (Wildman–Crippen MR) is 111 cm³/mol. The fraction of sp³-hybridized carbons (Fsp3) is 0.381. The molecular weight excluding hydrogens is 376 g/mol. The van der Waals surface area contributed by atoms with Crippen LogP contribution in [0.15, 0.2) is 47.4 Å². The summed E-state index contributed by atoms with van der Waals surface area (Å²) in [7, 11) is -3.52. The van der Waals surface area contributed by atoms with Crippen LogP contribution in [0.2, 0.25) is 0 Å². The molecule has 0 aliphatic carbocycles. The number of anilines is 1. The highest BCUT2D eigenvalue weighted by molar-refractivity contribution is 7.89. The van der Waals surface area contributed by atoms with Crippen molar-refractivity contribution in [3.8, 4) is 5.75 Å². The van der Waals surface area contributed by atoms with Crippen LogP contribution in [0.3, 0.4) is 0 Å². The van der Waals surface area contributed by atoms with Gasteiger partial charge in [-0.25, -0.2) is 8.42 Å². The van der Waals surface area contributed by atoms with Crippen molar-refractivity contribution < 1.29 is 17.9 Å². The number of hydrogen-bond acceptors (Lipinski definition) is 4. The quantitative estimate of drug-likeness (QED) is 0.727. The zero-order valence-electron chi connectivity index (χ0n) is 17.0. The van der Waals surface area contributed by atoms with Gasteiger partial charge < -0.3 is 10.1 Å². The standard InChI is InChI=1S/C21H28N2O4S/c1-6-23(7-2)28(25,26)20-10-8-18(9-11-20)22-21(24)17(5)27-19-13-15(3)12-16(4)14-19/h8-14,17H,6-7H2,1-5H3,(H,22,24). The molecule has 0 radical (unpaired) electrons. The average Bonchev–Trinajstić information content (AvgIpc) is 2.62. The molecule has 2 rings (SSSR count). The number of sulfonamides is 1. The topological polar surface area (TPSA) is 75.7 Å². The molecule has 0 aromatic heterocycles. The monoisotopic (exact) mass is 404 g/mol. The van der Waals surface area contributed by atoms with Gasteiger partial charge in [-0.3, -0.25) is 4.79 Å². The summed E-state index contributed by atoms with van der Waals surface area (Å²) in [6.07, 6.45) is -0.694. The molecule has 152 valence electrons. The Morgan fingerprint density at radius 1 is 1.04 bits per heavy atom. The Balaban J connectivity index is 2.06. The predicted octanol–water partition coefficient (Wildman–Crippen LogP) is 3.74. The molecule has 1 atom stereocenters. The van der Waals surface area contributed by atoms with Crippen LogP contribution in [0.4, 0.5) is 5.69 Å². The Morgan fingerprint density at radius 2 is 1.57 bits per heavy atom. The minimum Gasteiger partial charge on any atom is -0.481 e. The Labute approximate surface area is 167 Å². The number of ether oxygens (including phenoxy) is 1. The summed E-state index contributed by atoms with van der Waals surface area (Å²) < 4.78 is 32.1. The van der Waals surface area contributed by atoms with Crippen molar-refractivity contribution in [3.05, 3.63) is 53.6 Å².